The number of nitro benzene ring substituents is 1. The highest BCUT2D eigenvalue weighted by atomic mass is 16.6. The highest BCUT2D eigenvalue weighted by Crippen LogP contribution is 2.28. The van der Waals surface area contributed by atoms with Crippen molar-refractivity contribution in [1.29, 1.82) is 0 Å². The Kier molecular flexibility index (Phi) is 4.40. The van der Waals surface area contributed by atoms with Crippen molar-refractivity contribution in [1.82, 2.24) is 0 Å². The minimum Gasteiger partial charge on any atom is -0.457 e. The summed E-state index contributed by atoms with van der Waals surface area (Å²) in [5.74, 6) is 0.243. The molecule has 0 spiro atoms. The average molecular weight is 355 g/mol. The van der Waals surface area contributed by atoms with Gasteiger partial charge in [-0.05, 0) is 31.2 Å². The molecule has 0 atom stereocenters. The molecule has 8 nitrogen and oxygen atoms in total. The van der Waals surface area contributed by atoms with Crippen LogP contribution in [0.25, 0.3) is 11.0 Å². The van der Waals surface area contributed by atoms with Crippen LogP contribution in [-0.4, -0.2) is 10.9 Å². The van der Waals surface area contributed by atoms with Gasteiger partial charge < -0.3 is 13.9 Å². The highest BCUT2D eigenvalue weighted by molar-refractivity contribution is 5.81. The maximum Gasteiger partial charge on any atom is 0.308 e. The number of rotatable bonds is 4. The number of nitrogens with zero attached hydrogens (tertiary/aromatic N) is 1. The van der Waals surface area contributed by atoms with E-state index in [2.05, 4.69) is 0 Å². The number of non-ortho nitro benzene ring substituents is 1. The minimum atomic E-state index is -0.528. The molecule has 132 valence electrons. The first-order chi connectivity index (χ1) is 12.3. The second-order valence-corrected chi connectivity index (χ2v) is 5.42. The fraction of sp³-hybridized carbons (Fsp3) is 0.111. The fourth-order valence-electron chi connectivity index (χ4n) is 2.37. The molecule has 0 amide bonds. The van der Waals surface area contributed by atoms with E-state index in [4.69, 9.17) is 13.9 Å². The smallest absolute Gasteiger partial charge is 0.308 e. The van der Waals surface area contributed by atoms with Gasteiger partial charge in [0.05, 0.1) is 10.3 Å². The van der Waals surface area contributed by atoms with E-state index >= 15 is 0 Å². The lowest BCUT2D eigenvalue weighted by Gasteiger charge is -2.09. The van der Waals surface area contributed by atoms with Gasteiger partial charge in [0.2, 0.25) is 11.2 Å². The third kappa shape index (κ3) is 3.39. The molecule has 0 saturated carbocycles. The van der Waals surface area contributed by atoms with Crippen molar-refractivity contribution in [2.24, 2.45) is 0 Å². The number of esters is 1. The number of hydrogen-bond donors (Lipinski definition) is 0. The molecule has 0 aliphatic heterocycles. The van der Waals surface area contributed by atoms with Crippen molar-refractivity contribution in [3.05, 3.63) is 68.6 Å². The Hall–Kier alpha value is -3.68. The summed E-state index contributed by atoms with van der Waals surface area (Å²) in [6.45, 7) is 2.83. The van der Waals surface area contributed by atoms with Crippen LogP contribution in [0.4, 0.5) is 5.69 Å². The fourth-order valence-corrected chi connectivity index (χ4v) is 2.37. The topological polar surface area (TPSA) is 109 Å². The molecule has 0 aliphatic carbocycles. The van der Waals surface area contributed by atoms with E-state index in [1.165, 1.54) is 49.4 Å². The molecule has 8 heteroatoms. The molecular weight excluding hydrogens is 342 g/mol. The summed E-state index contributed by atoms with van der Waals surface area (Å²) < 4.78 is 16.1. The third-order valence-corrected chi connectivity index (χ3v) is 3.52. The van der Waals surface area contributed by atoms with Crippen molar-refractivity contribution >= 4 is 22.6 Å². The van der Waals surface area contributed by atoms with Gasteiger partial charge in [-0.1, -0.05) is 0 Å². The number of aryl methyl sites for hydroxylation is 1. The van der Waals surface area contributed by atoms with Crippen LogP contribution in [-0.2, 0) is 4.79 Å². The van der Waals surface area contributed by atoms with Crippen LogP contribution in [0.15, 0.2) is 51.7 Å². The summed E-state index contributed by atoms with van der Waals surface area (Å²) in [6.07, 6.45) is 0. The molecule has 1 heterocycles. The van der Waals surface area contributed by atoms with Gasteiger partial charge in [-0.2, -0.15) is 0 Å². The van der Waals surface area contributed by atoms with E-state index in [9.17, 15) is 19.7 Å². The Balaban J connectivity index is 1.99. The molecule has 3 rings (SSSR count). The quantitative estimate of drug-likeness (QED) is 0.303. The summed E-state index contributed by atoms with van der Waals surface area (Å²) in [4.78, 5) is 33.9. The molecule has 3 aromatic rings. The highest BCUT2D eigenvalue weighted by Gasteiger charge is 2.15. The molecule has 0 aliphatic rings. The number of carbonyl (C=O) groups excluding carboxylic acids is 1. The minimum absolute atomic E-state index is 0.0217. The van der Waals surface area contributed by atoms with Gasteiger partial charge in [-0.3, -0.25) is 19.7 Å². The van der Waals surface area contributed by atoms with Crippen LogP contribution in [0, 0.1) is 17.0 Å². The third-order valence-electron chi connectivity index (χ3n) is 3.52. The second kappa shape index (κ2) is 6.67. The summed E-state index contributed by atoms with van der Waals surface area (Å²) in [7, 11) is 0. The average Bonchev–Trinajstić information content (AvgIpc) is 2.58. The van der Waals surface area contributed by atoms with Crippen LogP contribution in [0.5, 0.6) is 17.2 Å². The van der Waals surface area contributed by atoms with Crippen LogP contribution in [0.3, 0.4) is 0 Å². The summed E-state index contributed by atoms with van der Waals surface area (Å²) in [5, 5.41) is 10.9. The van der Waals surface area contributed by atoms with Gasteiger partial charge in [0.25, 0.3) is 5.69 Å². The van der Waals surface area contributed by atoms with E-state index in [0.717, 1.165) is 0 Å². The first kappa shape index (κ1) is 17.2. The van der Waals surface area contributed by atoms with Crippen LogP contribution in [0.1, 0.15) is 12.7 Å². The first-order valence-corrected chi connectivity index (χ1v) is 7.53. The Labute approximate surface area is 146 Å². The zero-order valence-electron chi connectivity index (χ0n) is 13.8. The lowest BCUT2D eigenvalue weighted by Crippen LogP contribution is -2.08. The lowest BCUT2D eigenvalue weighted by molar-refractivity contribution is -0.384. The molecule has 0 bridgehead atoms. The van der Waals surface area contributed by atoms with Crippen molar-refractivity contribution in [2.45, 2.75) is 13.8 Å². The van der Waals surface area contributed by atoms with Gasteiger partial charge in [0.1, 0.15) is 22.8 Å². The molecule has 1 aromatic heterocycles. The Bertz CT molecular complexity index is 1070. The molecule has 0 N–H and O–H groups in total. The van der Waals surface area contributed by atoms with Crippen molar-refractivity contribution in [2.75, 3.05) is 0 Å². The van der Waals surface area contributed by atoms with E-state index < -0.39 is 16.3 Å². The van der Waals surface area contributed by atoms with Gasteiger partial charge >= 0.3 is 5.97 Å². The van der Waals surface area contributed by atoms with Crippen molar-refractivity contribution in [3.8, 4) is 17.2 Å². The number of fused-ring (bicyclic) bond motifs is 1. The maximum atomic E-state index is 12.7. The summed E-state index contributed by atoms with van der Waals surface area (Å²) >= 11 is 0. The number of benzene rings is 2. The molecule has 0 radical (unpaired) electrons. The van der Waals surface area contributed by atoms with Crippen LogP contribution < -0.4 is 14.9 Å². The van der Waals surface area contributed by atoms with Gasteiger partial charge in [0, 0.05) is 25.1 Å². The normalized spacial score (nSPS) is 10.5. The van der Waals surface area contributed by atoms with E-state index in [0.29, 0.717) is 0 Å². The van der Waals surface area contributed by atoms with Crippen LogP contribution >= 0.6 is 0 Å². The predicted octanol–water partition coefficient (Wildman–Crippen LogP) is 3.73. The van der Waals surface area contributed by atoms with Crippen molar-refractivity contribution in [3.63, 3.8) is 0 Å². The lowest BCUT2D eigenvalue weighted by atomic mass is 10.2. The molecule has 0 unspecified atom stereocenters. The number of hydrogen-bond acceptors (Lipinski definition) is 7. The van der Waals surface area contributed by atoms with Crippen molar-refractivity contribution < 1.29 is 23.6 Å². The first-order valence-electron chi connectivity index (χ1n) is 7.53. The Morgan fingerprint density at radius 2 is 1.77 bits per heavy atom. The largest absolute Gasteiger partial charge is 0.457 e. The van der Waals surface area contributed by atoms with Gasteiger partial charge in [-0.15, -0.1) is 0 Å². The zero-order chi connectivity index (χ0) is 18.8. The summed E-state index contributed by atoms with van der Waals surface area (Å²) in [5.41, 5.74) is -0.239. The molecular formula is C18H13NO7. The van der Waals surface area contributed by atoms with E-state index in [1.807, 2.05) is 0 Å². The van der Waals surface area contributed by atoms with Gasteiger partial charge in [-0.25, -0.2) is 0 Å². The Morgan fingerprint density at radius 1 is 1.12 bits per heavy atom. The maximum absolute atomic E-state index is 12.7. The summed E-state index contributed by atoms with van der Waals surface area (Å²) in [6, 6.07) is 9.74. The molecule has 26 heavy (non-hydrogen) atoms. The second-order valence-electron chi connectivity index (χ2n) is 5.42. The molecule has 0 fully saturated rings. The molecule has 0 saturated heterocycles. The SMILES string of the molecule is CC(=O)Oc1ccc2c(=O)c(Oc3ccc([N+](=O)[O-])cc3)c(C)oc2c1. The number of carbonyl (C=O) groups is 1. The van der Waals surface area contributed by atoms with E-state index in [-0.39, 0.29) is 39.7 Å². The van der Waals surface area contributed by atoms with E-state index in [1.54, 1.807) is 6.92 Å². The standard InChI is InChI=1S/C18H13NO7/c1-10-18(26-13-5-3-12(4-6-13)19(22)23)17(21)15-8-7-14(25-11(2)20)9-16(15)24-10/h3-9H,1-2H3. The number of ether oxygens (including phenoxy) is 2. The predicted molar refractivity (Wildman–Crippen MR) is 91.7 cm³/mol. The number of nitro groups is 1. The monoisotopic (exact) mass is 355 g/mol. The van der Waals surface area contributed by atoms with Gasteiger partial charge in [0.15, 0.2) is 0 Å². The Morgan fingerprint density at radius 3 is 2.38 bits per heavy atom. The van der Waals surface area contributed by atoms with Crippen LogP contribution in [0.2, 0.25) is 0 Å². The zero-order valence-corrected chi connectivity index (χ0v) is 13.8. The molecule has 2 aromatic carbocycles.